The molecule has 0 fully saturated rings. The third-order valence-corrected chi connectivity index (χ3v) is 3.20. The van der Waals surface area contributed by atoms with E-state index in [1.165, 1.54) is 11.3 Å². The predicted molar refractivity (Wildman–Crippen MR) is 52.0 cm³/mol. The van der Waals surface area contributed by atoms with Gasteiger partial charge in [-0.25, -0.2) is 0 Å². The molecule has 0 bridgehead atoms. The van der Waals surface area contributed by atoms with Gasteiger partial charge in [-0.2, -0.15) is 0 Å². The van der Waals surface area contributed by atoms with Crippen LogP contribution >= 0.6 is 27.3 Å². The van der Waals surface area contributed by atoms with E-state index in [9.17, 15) is 5.11 Å². The summed E-state index contributed by atoms with van der Waals surface area (Å²) < 4.78 is 0.946. The molecule has 1 aromatic heterocycles. The van der Waals surface area contributed by atoms with Gasteiger partial charge in [0, 0.05) is 4.88 Å². The monoisotopic (exact) mass is 251 g/mol. The van der Waals surface area contributed by atoms with Crippen LogP contribution in [0.5, 0.6) is 0 Å². The molecule has 0 aliphatic rings. The molecular formula is C7H10BrNO2S. The Morgan fingerprint density at radius 3 is 2.67 bits per heavy atom. The van der Waals surface area contributed by atoms with Crippen molar-refractivity contribution in [3.05, 3.63) is 20.8 Å². The van der Waals surface area contributed by atoms with Crippen LogP contribution in [-0.2, 0) is 0 Å². The Kier molecular flexibility index (Phi) is 3.67. The van der Waals surface area contributed by atoms with Crippen LogP contribution in [0.3, 0.4) is 0 Å². The van der Waals surface area contributed by atoms with E-state index < -0.39 is 12.1 Å². The van der Waals surface area contributed by atoms with E-state index in [0.717, 1.165) is 8.66 Å². The lowest BCUT2D eigenvalue weighted by Gasteiger charge is -2.14. The lowest BCUT2D eigenvalue weighted by molar-refractivity contribution is 0.112. The van der Waals surface area contributed by atoms with Crippen molar-refractivity contribution in [3.8, 4) is 0 Å². The molecule has 2 atom stereocenters. The Labute approximate surface area is 83.0 Å². The van der Waals surface area contributed by atoms with Crippen LogP contribution in [0.4, 0.5) is 0 Å². The first-order chi connectivity index (χ1) is 5.65. The van der Waals surface area contributed by atoms with Gasteiger partial charge in [-0.15, -0.1) is 11.3 Å². The summed E-state index contributed by atoms with van der Waals surface area (Å²) in [5.74, 6) is 0. The number of aliphatic hydroxyl groups excluding tert-OH is 2. The van der Waals surface area contributed by atoms with Gasteiger partial charge >= 0.3 is 0 Å². The van der Waals surface area contributed by atoms with Crippen LogP contribution in [0.15, 0.2) is 15.9 Å². The molecule has 0 amide bonds. The first-order valence-corrected chi connectivity index (χ1v) is 5.06. The van der Waals surface area contributed by atoms with E-state index in [0.29, 0.717) is 0 Å². The predicted octanol–water partition coefficient (Wildman–Crippen LogP) is 0.864. The van der Waals surface area contributed by atoms with Crippen LogP contribution in [-0.4, -0.2) is 22.9 Å². The third kappa shape index (κ3) is 2.27. The summed E-state index contributed by atoms with van der Waals surface area (Å²) >= 11 is 4.69. The number of nitrogens with two attached hydrogens (primary N) is 1. The van der Waals surface area contributed by atoms with E-state index in [1.807, 2.05) is 6.07 Å². The number of hydrogen-bond acceptors (Lipinski definition) is 4. The van der Waals surface area contributed by atoms with Crippen molar-refractivity contribution in [2.45, 2.75) is 12.1 Å². The first-order valence-electron chi connectivity index (χ1n) is 3.45. The molecule has 3 nitrogen and oxygen atoms in total. The summed E-state index contributed by atoms with van der Waals surface area (Å²) in [5, 5.41) is 18.2. The van der Waals surface area contributed by atoms with E-state index in [1.54, 1.807) is 6.07 Å². The second kappa shape index (κ2) is 4.34. The molecule has 0 saturated heterocycles. The number of rotatable bonds is 3. The van der Waals surface area contributed by atoms with Gasteiger partial charge in [-0.1, -0.05) is 0 Å². The third-order valence-electron chi connectivity index (χ3n) is 1.50. The minimum absolute atomic E-state index is 0.212. The normalized spacial score (nSPS) is 16.0. The molecule has 0 saturated carbocycles. The summed E-state index contributed by atoms with van der Waals surface area (Å²) in [6.07, 6.45) is -0.772. The van der Waals surface area contributed by atoms with Crippen LogP contribution < -0.4 is 5.73 Å². The zero-order chi connectivity index (χ0) is 9.14. The Bertz CT molecular complexity index is 253. The number of hydrogen-bond donors (Lipinski definition) is 3. The van der Waals surface area contributed by atoms with Crippen LogP contribution in [0.1, 0.15) is 11.0 Å². The minimum Gasteiger partial charge on any atom is -0.395 e. The van der Waals surface area contributed by atoms with Gasteiger partial charge in [-0.3, -0.25) is 0 Å². The maximum absolute atomic E-state index is 9.51. The Morgan fingerprint density at radius 1 is 1.58 bits per heavy atom. The molecule has 0 aromatic carbocycles. The molecule has 2 unspecified atom stereocenters. The molecule has 4 N–H and O–H groups in total. The van der Waals surface area contributed by atoms with E-state index in [4.69, 9.17) is 10.8 Å². The molecule has 1 rings (SSSR count). The van der Waals surface area contributed by atoms with Crippen molar-refractivity contribution in [2.75, 3.05) is 6.61 Å². The average molecular weight is 252 g/mol. The largest absolute Gasteiger partial charge is 0.395 e. The molecule has 0 aliphatic heterocycles. The SMILES string of the molecule is NC(CO)C(O)c1ccc(Br)s1. The van der Waals surface area contributed by atoms with Crippen LogP contribution in [0.2, 0.25) is 0 Å². The van der Waals surface area contributed by atoms with E-state index >= 15 is 0 Å². The highest BCUT2D eigenvalue weighted by molar-refractivity contribution is 9.11. The molecule has 0 radical (unpaired) electrons. The van der Waals surface area contributed by atoms with Crippen molar-refractivity contribution in [1.82, 2.24) is 0 Å². The molecule has 5 heteroatoms. The summed E-state index contributed by atoms with van der Waals surface area (Å²) in [6, 6.07) is 3.03. The highest BCUT2D eigenvalue weighted by atomic mass is 79.9. The maximum atomic E-state index is 9.51. The lowest BCUT2D eigenvalue weighted by atomic mass is 10.1. The van der Waals surface area contributed by atoms with E-state index in [2.05, 4.69) is 15.9 Å². The maximum Gasteiger partial charge on any atom is 0.105 e. The summed E-state index contributed by atoms with van der Waals surface area (Å²) in [6.45, 7) is -0.212. The highest BCUT2D eigenvalue weighted by Crippen LogP contribution is 2.28. The molecule has 0 aliphatic carbocycles. The van der Waals surface area contributed by atoms with Crippen molar-refractivity contribution in [1.29, 1.82) is 0 Å². The summed E-state index contributed by atoms with van der Waals surface area (Å²) in [5.41, 5.74) is 5.45. The Morgan fingerprint density at radius 2 is 2.25 bits per heavy atom. The van der Waals surface area contributed by atoms with Crippen molar-refractivity contribution < 1.29 is 10.2 Å². The molecule has 68 valence electrons. The molecule has 1 heterocycles. The average Bonchev–Trinajstić information content (AvgIpc) is 2.49. The van der Waals surface area contributed by atoms with Gasteiger partial charge in [0.1, 0.15) is 6.10 Å². The van der Waals surface area contributed by atoms with Crippen molar-refractivity contribution >= 4 is 27.3 Å². The zero-order valence-electron chi connectivity index (χ0n) is 6.27. The molecule has 12 heavy (non-hydrogen) atoms. The molecule has 0 spiro atoms. The fourth-order valence-electron chi connectivity index (χ4n) is 0.798. The van der Waals surface area contributed by atoms with Crippen LogP contribution in [0.25, 0.3) is 0 Å². The summed E-state index contributed by atoms with van der Waals surface area (Å²) in [7, 11) is 0. The van der Waals surface area contributed by atoms with Gasteiger partial charge in [0.25, 0.3) is 0 Å². The quantitative estimate of drug-likeness (QED) is 0.747. The first kappa shape index (κ1) is 10.1. The molecule has 1 aromatic rings. The second-order valence-corrected chi connectivity index (χ2v) is 4.93. The Balaban J connectivity index is 2.70. The van der Waals surface area contributed by atoms with Gasteiger partial charge in [0.2, 0.25) is 0 Å². The minimum atomic E-state index is -0.772. The standard InChI is InChI=1S/C7H10BrNO2S/c8-6-2-1-5(12-6)7(11)4(9)3-10/h1-2,4,7,10-11H,3,9H2. The number of thiophene rings is 1. The Hall–Kier alpha value is 0.0600. The van der Waals surface area contributed by atoms with Gasteiger partial charge in [0.15, 0.2) is 0 Å². The lowest BCUT2D eigenvalue weighted by Crippen LogP contribution is -2.31. The van der Waals surface area contributed by atoms with Gasteiger partial charge in [0.05, 0.1) is 16.4 Å². The fraction of sp³-hybridized carbons (Fsp3) is 0.429. The second-order valence-electron chi connectivity index (χ2n) is 2.43. The number of halogens is 1. The van der Waals surface area contributed by atoms with Crippen LogP contribution in [0, 0.1) is 0 Å². The van der Waals surface area contributed by atoms with E-state index in [-0.39, 0.29) is 6.61 Å². The van der Waals surface area contributed by atoms with Gasteiger partial charge < -0.3 is 15.9 Å². The smallest absolute Gasteiger partial charge is 0.105 e. The summed E-state index contributed by atoms with van der Waals surface area (Å²) in [4.78, 5) is 0.767. The molecular weight excluding hydrogens is 242 g/mol. The van der Waals surface area contributed by atoms with Crippen molar-refractivity contribution in [2.24, 2.45) is 5.73 Å². The van der Waals surface area contributed by atoms with Crippen molar-refractivity contribution in [3.63, 3.8) is 0 Å². The fourth-order valence-corrected chi connectivity index (χ4v) is 2.28. The topological polar surface area (TPSA) is 66.5 Å². The zero-order valence-corrected chi connectivity index (χ0v) is 8.68. The highest BCUT2D eigenvalue weighted by Gasteiger charge is 2.17. The van der Waals surface area contributed by atoms with Gasteiger partial charge in [-0.05, 0) is 28.1 Å². The number of aliphatic hydroxyl groups is 2.